The quantitative estimate of drug-likeness (QED) is 0.522. The number of rotatable bonds is 1. The maximum atomic E-state index is 5.47. The highest BCUT2D eigenvalue weighted by molar-refractivity contribution is 4.85. The third-order valence-electron chi connectivity index (χ3n) is 2.30. The highest BCUT2D eigenvalue weighted by Crippen LogP contribution is 2.27. The van der Waals surface area contributed by atoms with Crippen molar-refractivity contribution in [2.45, 2.75) is 26.9 Å². The summed E-state index contributed by atoms with van der Waals surface area (Å²) in [4.78, 5) is 0. The molecule has 1 nitrogen and oxygen atoms in total. The average Bonchev–Trinajstić information content (AvgIpc) is 2.15. The third kappa shape index (κ3) is 1.26. The van der Waals surface area contributed by atoms with Gasteiger partial charge in [0, 0.05) is 6.61 Å². The van der Waals surface area contributed by atoms with E-state index in [1.54, 1.807) is 0 Å². The van der Waals surface area contributed by atoms with Crippen LogP contribution in [0, 0.1) is 18.3 Å². The van der Waals surface area contributed by atoms with Crippen LogP contribution in [0.25, 0.3) is 0 Å². The third-order valence-corrected chi connectivity index (χ3v) is 2.30. The van der Waals surface area contributed by atoms with Gasteiger partial charge in [-0.05, 0) is 18.3 Å². The second kappa shape index (κ2) is 2.70. The predicted octanol–water partition coefficient (Wildman–Crippen LogP) is 1.88. The molecule has 1 rings (SSSR count). The standard InChI is InChI=1S/C8H15O/c1-4-8-7(3)6(2)5-9-8/h4,6-8H,5H2,1-3H3/t6?,7-,8?/m0/s1. The van der Waals surface area contributed by atoms with Crippen molar-refractivity contribution in [2.75, 3.05) is 6.61 Å². The second-order valence-electron chi connectivity index (χ2n) is 2.97. The van der Waals surface area contributed by atoms with Crippen LogP contribution >= 0.6 is 0 Å². The minimum absolute atomic E-state index is 0.417. The van der Waals surface area contributed by atoms with Gasteiger partial charge in [0.2, 0.25) is 0 Å². The first-order chi connectivity index (χ1) is 4.25. The van der Waals surface area contributed by atoms with E-state index < -0.39 is 0 Å². The van der Waals surface area contributed by atoms with E-state index >= 15 is 0 Å². The zero-order valence-electron chi connectivity index (χ0n) is 6.42. The molecule has 0 saturated carbocycles. The predicted molar refractivity (Wildman–Crippen MR) is 38.0 cm³/mol. The van der Waals surface area contributed by atoms with Crippen LogP contribution in [0.2, 0.25) is 0 Å². The number of hydrogen-bond donors (Lipinski definition) is 0. The maximum absolute atomic E-state index is 5.47. The van der Waals surface area contributed by atoms with Crippen LogP contribution in [0.4, 0.5) is 0 Å². The van der Waals surface area contributed by atoms with Crippen LogP contribution in [0.1, 0.15) is 20.8 Å². The molecule has 1 heteroatoms. The minimum atomic E-state index is 0.417. The average molecular weight is 127 g/mol. The Morgan fingerprint density at radius 1 is 1.44 bits per heavy atom. The Labute approximate surface area is 57.4 Å². The molecule has 1 heterocycles. The molecule has 1 radical (unpaired) electrons. The first kappa shape index (κ1) is 7.07. The van der Waals surface area contributed by atoms with Gasteiger partial charge in [-0.3, -0.25) is 0 Å². The largest absolute Gasteiger partial charge is 0.377 e. The van der Waals surface area contributed by atoms with Crippen molar-refractivity contribution in [2.24, 2.45) is 11.8 Å². The van der Waals surface area contributed by atoms with Crippen LogP contribution in [-0.4, -0.2) is 12.7 Å². The van der Waals surface area contributed by atoms with Crippen molar-refractivity contribution in [1.82, 2.24) is 0 Å². The van der Waals surface area contributed by atoms with Crippen LogP contribution < -0.4 is 0 Å². The van der Waals surface area contributed by atoms with Gasteiger partial charge in [-0.1, -0.05) is 20.8 Å². The fourth-order valence-corrected chi connectivity index (χ4v) is 1.29. The maximum Gasteiger partial charge on any atom is 0.0633 e. The van der Waals surface area contributed by atoms with E-state index in [2.05, 4.69) is 27.2 Å². The van der Waals surface area contributed by atoms with Crippen LogP contribution in [0.15, 0.2) is 0 Å². The lowest BCUT2D eigenvalue weighted by Gasteiger charge is -2.12. The molecule has 0 aliphatic carbocycles. The molecule has 1 aliphatic rings. The fourth-order valence-electron chi connectivity index (χ4n) is 1.29. The van der Waals surface area contributed by atoms with Crippen molar-refractivity contribution in [3.05, 3.63) is 6.42 Å². The second-order valence-corrected chi connectivity index (χ2v) is 2.97. The molecular weight excluding hydrogens is 112 g/mol. The summed E-state index contributed by atoms with van der Waals surface area (Å²) in [5.74, 6) is 1.46. The highest BCUT2D eigenvalue weighted by atomic mass is 16.5. The summed E-state index contributed by atoms with van der Waals surface area (Å²) >= 11 is 0. The van der Waals surface area contributed by atoms with Gasteiger partial charge < -0.3 is 4.74 Å². The van der Waals surface area contributed by atoms with Crippen molar-refractivity contribution >= 4 is 0 Å². The zero-order valence-corrected chi connectivity index (χ0v) is 6.42. The number of hydrogen-bond acceptors (Lipinski definition) is 1. The Morgan fingerprint density at radius 2 is 2.11 bits per heavy atom. The Balaban J connectivity index is 2.41. The van der Waals surface area contributed by atoms with E-state index in [-0.39, 0.29) is 0 Å². The lowest BCUT2D eigenvalue weighted by Crippen LogP contribution is -2.14. The molecule has 9 heavy (non-hydrogen) atoms. The van der Waals surface area contributed by atoms with Gasteiger partial charge in [0.05, 0.1) is 6.10 Å². The zero-order chi connectivity index (χ0) is 6.85. The molecule has 0 aromatic heterocycles. The van der Waals surface area contributed by atoms with Crippen molar-refractivity contribution in [3.8, 4) is 0 Å². The number of ether oxygens (including phenoxy) is 1. The van der Waals surface area contributed by atoms with Crippen LogP contribution in [-0.2, 0) is 4.74 Å². The first-order valence-corrected chi connectivity index (χ1v) is 3.66. The molecule has 0 bridgehead atoms. The highest BCUT2D eigenvalue weighted by Gasteiger charge is 2.28. The molecule has 53 valence electrons. The summed E-state index contributed by atoms with van der Waals surface area (Å²) in [6.07, 6.45) is 2.56. The van der Waals surface area contributed by atoms with E-state index in [9.17, 15) is 0 Å². The van der Waals surface area contributed by atoms with Gasteiger partial charge in [0.15, 0.2) is 0 Å². The summed E-state index contributed by atoms with van der Waals surface area (Å²) in [5.41, 5.74) is 0. The van der Waals surface area contributed by atoms with E-state index in [0.717, 1.165) is 18.4 Å². The molecule has 0 aromatic carbocycles. The van der Waals surface area contributed by atoms with Crippen LogP contribution in [0.3, 0.4) is 0 Å². The molecule has 1 saturated heterocycles. The van der Waals surface area contributed by atoms with E-state index in [1.165, 1.54) is 0 Å². The first-order valence-electron chi connectivity index (χ1n) is 3.66. The van der Waals surface area contributed by atoms with E-state index in [4.69, 9.17) is 4.74 Å². The van der Waals surface area contributed by atoms with Crippen molar-refractivity contribution in [3.63, 3.8) is 0 Å². The normalized spacial score (nSPS) is 43.7. The summed E-state index contributed by atoms with van der Waals surface area (Å²) in [6.45, 7) is 7.51. The molecule has 1 aliphatic heterocycles. The molecular formula is C8H15O. The van der Waals surface area contributed by atoms with Gasteiger partial charge >= 0.3 is 0 Å². The van der Waals surface area contributed by atoms with Gasteiger partial charge in [0.25, 0.3) is 0 Å². The molecule has 0 N–H and O–H groups in total. The van der Waals surface area contributed by atoms with Crippen LogP contribution in [0.5, 0.6) is 0 Å². The van der Waals surface area contributed by atoms with E-state index in [1.807, 2.05) is 0 Å². The van der Waals surface area contributed by atoms with Gasteiger partial charge in [-0.15, -0.1) is 0 Å². The summed E-state index contributed by atoms with van der Waals surface area (Å²) in [5, 5.41) is 0. The monoisotopic (exact) mass is 127 g/mol. The Kier molecular flexibility index (Phi) is 2.12. The molecule has 3 atom stereocenters. The van der Waals surface area contributed by atoms with Gasteiger partial charge in [-0.25, -0.2) is 0 Å². The summed E-state index contributed by atoms with van der Waals surface area (Å²) < 4.78 is 5.47. The molecule has 0 aromatic rings. The molecule has 0 spiro atoms. The lowest BCUT2D eigenvalue weighted by atomic mass is 9.93. The molecule has 1 fully saturated rings. The van der Waals surface area contributed by atoms with Crippen molar-refractivity contribution in [1.29, 1.82) is 0 Å². The van der Waals surface area contributed by atoms with E-state index in [0.29, 0.717) is 6.10 Å². The Morgan fingerprint density at radius 3 is 2.33 bits per heavy atom. The topological polar surface area (TPSA) is 9.23 Å². The lowest BCUT2D eigenvalue weighted by molar-refractivity contribution is 0.118. The Bertz CT molecular complexity index is 90.6. The summed E-state index contributed by atoms with van der Waals surface area (Å²) in [7, 11) is 0. The fraction of sp³-hybridized carbons (Fsp3) is 0.875. The van der Waals surface area contributed by atoms with Gasteiger partial charge in [0.1, 0.15) is 0 Å². The SMILES string of the molecule is C[CH]C1OCC(C)[C@@H]1C. The summed E-state index contributed by atoms with van der Waals surface area (Å²) in [6, 6.07) is 0. The Hall–Kier alpha value is -0.0400. The molecule has 0 amide bonds. The van der Waals surface area contributed by atoms with Gasteiger partial charge in [-0.2, -0.15) is 0 Å². The van der Waals surface area contributed by atoms with Crippen molar-refractivity contribution < 1.29 is 4.74 Å². The minimum Gasteiger partial charge on any atom is -0.377 e. The smallest absolute Gasteiger partial charge is 0.0633 e. The molecule has 2 unspecified atom stereocenters.